The molecule has 0 bridgehead atoms. The maximum absolute atomic E-state index is 12.2. The summed E-state index contributed by atoms with van der Waals surface area (Å²) in [7, 11) is 0. The summed E-state index contributed by atoms with van der Waals surface area (Å²) < 4.78 is 0. The van der Waals surface area contributed by atoms with E-state index in [1.165, 1.54) is 6.92 Å². The van der Waals surface area contributed by atoms with E-state index < -0.39 is 0 Å². The molecule has 118 valence electrons. The lowest BCUT2D eigenvalue weighted by Gasteiger charge is -2.16. The van der Waals surface area contributed by atoms with Crippen LogP contribution in [0.5, 0.6) is 0 Å². The van der Waals surface area contributed by atoms with Gasteiger partial charge >= 0.3 is 0 Å². The molecule has 22 heavy (non-hydrogen) atoms. The number of hydrogen-bond acceptors (Lipinski definition) is 3. The quantitative estimate of drug-likeness (QED) is 0.821. The number of benzene rings is 1. The van der Waals surface area contributed by atoms with Crippen molar-refractivity contribution in [2.45, 2.75) is 33.1 Å². The molecule has 1 aromatic rings. The van der Waals surface area contributed by atoms with E-state index in [4.69, 9.17) is 0 Å². The third-order valence-electron chi connectivity index (χ3n) is 3.93. The van der Waals surface area contributed by atoms with Crippen LogP contribution < -0.4 is 5.32 Å². The van der Waals surface area contributed by atoms with Crippen molar-refractivity contribution in [3.63, 3.8) is 0 Å². The summed E-state index contributed by atoms with van der Waals surface area (Å²) in [5, 5.41) is 2.82. The summed E-state index contributed by atoms with van der Waals surface area (Å²) >= 11 is 0. The van der Waals surface area contributed by atoms with Gasteiger partial charge in [-0.2, -0.15) is 0 Å². The second-order valence-corrected chi connectivity index (χ2v) is 5.72. The number of unbranched alkanes of at least 4 members (excludes halogenated alkanes) is 1. The molecule has 0 unspecified atom stereocenters. The van der Waals surface area contributed by atoms with Gasteiger partial charge in [-0.05, 0) is 37.6 Å². The van der Waals surface area contributed by atoms with Crippen LogP contribution in [0.1, 0.15) is 43.5 Å². The van der Waals surface area contributed by atoms with Gasteiger partial charge in [0.2, 0.25) is 11.8 Å². The van der Waals surface area contributed by atoms with Gasteiger partial charge in [-0.25, -0.2) is 0 Å². The number of likely N-dealkylation sites (tertiary alicyclic amines) is 1. The van der Waals surface area contributed by atoms with Crippen LogP contribution in [0.4, 0.5) is 5.69 Å². The van der Waals surface area contributed by atoms with Crippen molar-refractivity contribution in [2.24, 2.45) is 5.92 Å². The monoisotopic (exact) mass is 302 g/mol. The van der Waals surface area contributed by atoms with Crippen LogP contribution in [0.25, 0.3) is 0 Å². The SMILES string of the molecule is CCCCN1C[C@H](C(=O)Nc2ccc(C(C)=O)cc2)CC1=O. The number of nitrogens with one attached hydrogen (secondary N) is 1. The Labute approximate surface area is 130 Å². The Morgan fingerprint density at radius 2 is 1.95 bits per heavy atom. The van der Waals surface area contributed by atoms with Crippen molar-refractivity contribution in [1.82, 2.24) is 4.90 Å². The fraction of sp³-hybridized carbons (Fsp3) is 0.471. The minimum Gasteiger partial charge on any atom is -0.342 e. The van der Waals surface area contributed by atoms with Gasteiger partial charge in [-0.15, -0.1) is 0 Å². The van der Waals surface area contributed by atoms with E-state index in [9.17, 15) is 14.4 Å². The smallest absolute Gasteiger partial charge is 0.229 e. The lowest BCUT2D eigenvalue weighted by molar-refractivity contribution is -0.128. The average molecular weight is 302 g/mol. The van der Waals surface area contributed by atoms with Crippen LogP contribution in [0.2, 0.25) is 0 Å². The Hall–Kier alpha value is -2.17. The largest absolute Gasteiger partial charge is 0.342 e. The molecule has 1 saturated heterocycles. The predicted molar refractivity (Wildman–Crippen MR) is 84.7 cm³/mol. The molecule has 1 fully saturated rings. The molecule has 0 aliphatic carbocycles. The van der Waals surface area contributed by atoms with Crippen LogP contribution in [0.15, 0.2) is 24.3 Å². The Morgan fingerprint density at radius 1 is 1.27 bits per heavy atom. The molecule has 0 saturated carbocycles. The van der Waals surface area contributed by atoms with Crippen molar-refractivity contribution < 1.29 is 14.4 Å². The second-order valence-electron chi connectivity index (χ2n) is 5.72. The Morgan fingerprint density at radius 3 is 2.55 bits per heavy atom. The number of anilines is 1. The van der Waals surface area contributed by atoms with Gasteiger partial charge in [0.25, 0.3) is 0 Å². The Kier molecular flexibility index (Phi) is 5.31. The molecule has 0 spiro atoms. The number of rotatable bonds is 6. The third-order valence-corrected chi connectivity index (χ3v) is 3.93. The van der Waals surface area contributed by atoms with Crippen LogP contribution in [-0.2, 0) is 9.59 Å². The standard InChI is InChI=1S/C17H22N2O3/c1-3-4-9-19-11-14(10-16(19)21)17(22)18-15-7-5-13(6-8-15)12(2)20/h5-8,14H,3-4,9-11H2,1-2H3,(H,18,22)/t14-/m1/s1. The van der Waals surface area contributed by atoms with E-state index in [0.29, 0.717) is 17.8 Å². The summed E-state index contributed by atoms with van der Waals surface area (Å²) in [6, 6.07) is 6.79. The molecule has 0 aromatic heterocycles. The molecule has 0 radical (unpaired) electrons. The number of carbonyl (C=O) groups excluding carboxylic acids is 3. The number of Topliss-reactive ketones (excluding diaryl/α,β-unsaturated/α-hetero) is 1. The van der Waals surface area contributed by atoms with Gasteiger partial charge in [0, 0.05) is 30.8 Å². The number of hydrogen-bond donors (Lipinski definition) is 1. The van der Waals surface area contributed by atoms with Gasteiger partial charge in [-0.1, -0.05) is 13.3 Å². The number of nitrogens with zero attached hydrogens (tertiary/aromatic N) is 1. The Bertz CT molecular complexity index is 566. The van der Waals surface area contributed by atoms with Crippen molar-refractivity contribution >= 4 is 23.3 Å². The van der Waals surface area contributed by atoms with E-state index in [0.717, 1.165) is 19.4 Å². The van der Waals surface area contributed by atoms with Crippen molar-refractivity contribution in [2.75, 3.05) is 18.4 Å². The molecule has 1 atom stereocenters. The summed E-state index contributed by atoms with van der Waals surface area (Å²) in [4.78, 5) is 37.1. The predicted octanol–water partition coefficient (Wildman–Crippen LogP) is 2.48. The summed E-state index contributed by atoms with van der Waals surface area (Å²) in [5.41, 5.74) is 1.26. The van der Waals surface area contributed by atoms with E-state index in [2.05, 4.69) is 12.2 Å². The topological polar surface area (TPSA) is 66.5 Å². The third kappa shape index (κ3) is 3.93. The number of carbonyl (C=O) groups is 3. The van der Waals surface area contributed by atoms with Gasteiger partial charge < -0.3 is 10.2 Å². The van der Waals surface area contributed by atoms with Gasteiger partial charge in [0.05, 0.1) is 5.92 Å². The lowest BCUT2D eigenvalue weighted by Crippen LogP contribution is -2.29. The molecule has 5 nitrogen and oxygen atoms in total. The normalized spacial score (nSPS) is 17.6. The summed E-state index contributed by atoms with van der Waals surface area (Å²) in [6.45, 7) is 4.81. The maximum Gasteiger partial charge on any atom is 0.229 e. The first-order valence-electron chi connectivity index (χ1n) is 7.71. The minimum absolute atomic E-state index is 0.00849. The van der Waals surface area contributed by atoms with E-state index >= 15 is 0 Å². The highest BCUT2D eigenvalue weighted by molar-refractivity contribution is 5.98. The van der Waals surface area contributed by atoms with Crippen LogP contribution in [0.3, 0.4) is 0 Å². The van der Waals surface area contributed by atoms with Crippen molar-refractivity contribution in [1.29, 1.82) is 0 Å². The highest BCUT2D eigenvalue weighted by Crippen LogP contribution is 2.20. The minimum atomic E-state index is -0.295. The van der Waals surface area contributed by atoms with Gasteiger partial charge in [0.1, 0.15) is 0 Å². The van der Waals surface area contributed by atoms with E-state index in [1.54, 1.807) is 29.2 Å². The van der Waals surface area contributed by atoms with Crippen molar-refractivity contribution in [3.8, 4) is 0 Å². The summed E-state index contributed by atoms with van der Waals surface area (Å²) in [6.07, 6.45) is 2.27. The number of ketones is 1. The van der Waals surface area contributed by atoms with E-state index in [-0.39, 0.29) is 29.9 Å². The molecule has 2 amide bonds. The highest BCUT2D eigenvalue weighted by atomic mass is 16.2. The zero-order valence-electron chi connectivity index (χ0n) is 13.1. The van der Waals surface area contributed by atoms with E-state index in [1.807, 2.05) is 0 Å². The summed E-state index contributed by atoms with van der Waals surface area (Å²) in [5.74, 6) is -0.383. The molecule has 5 heteroatoms. The average Bonchev–Trinajstić information content (AvgIpc) is 2.87. The fourth-order valence-electron chi connectivity index (χ4n) is 2.55. The van der Waals surface area contributed by atoms with Crippen LogP contribution in [0, 0.1) is 5.92 Å². The fourth-order valence-corrected chi connectivity index (χ4v) is 2.55. The van der Waals surface area contributed by atoms with Crippen LogP contribution in [-0.4, -0.2) is 35.6 Å². The molecule has 1 N–H and O–H groups in total. The van der Waals surface area contributed by atoms with Crippen molar-refractivity contribution in [3.05, 3.63) is 29.8 Å². The maximum atomic E-state index is 12.2. The first kappa shape index (κ1) is 16.2. The highest BCUT2D eigenvalue weighted by Gasteiger charge is 2.33. The molecular weight excluding hydrogens is 280 g/mol. The molecule has 1 aliphatic heterocycles. The molecule has 2 rings (SSSR count). The first-order valence-corrected chi connectivity index (χ1v) is 7.71. The molecule has 1 aromatic carbocycles. The molecular formula is C17H22N2O3. The first-order chi connectivity index (χ1) is 10.5. The zero-order chi connectivity index (χ0) is 16.1. The Balaban J connectivity index is 1.92. The lowest BCUT2D eigenvalue weighted by atomic mass is 10.1. The van der Waals surface area contributed by atoms with Gasteiger partial charge in [0.15, 0.2) is 5.78 Å². The molecule has 1 aliphatic rings. The second kappa shape index (κ2) is 7.20. The molecule has 1 heterocycles. The zero-order valence-corrected chi connectivity index (χ0v) is 13.1. The number of amides is 2. The van der Waals surface area contributed by atoms with Gasteiger partial charge in [-0.3, -0.25) is 14.4 Å². The van der Waals surface area contributed by atoms with Crippen LogP contribution >= 0.6 is 0 Å².